The summed E-state index contributed by atoms with van der Waals surface area (Å²) in [5, 5.41) is 6.18. The summed E-state index contributed by atoms with van der Waals surface area (Å²) < 4.78 is 43.1. The molecule has 1 fully saturated rings. The van der Waals surface area contributed by atoms with Gasteiger partial charge in [0.2, 0.25) is 5.82 Å². The fourth-order valence-electron chi connectivity index (χ4n) is 3.96. The third-order valence-electron chi connectivity index (χ3n) is 5.66. The van der Waals surface area contributed by atoms with Crippen LogP contribution >= 0.6 is 11.3 Å². The van der Waals surface area contributed by atoms with Gasteiger partial charge in [-0.15, -0.1) is 16.4 Å². The predicted molar refractivity (Wildman–Crippen MR) is 116 cm³/mol. The molecule has 7 nitrogen and oxygen atoms in total. The molecule has 0 N–H and O–H groups in total. The highest BCUT2D eigenvalue weighted by molar-refractivity contribution is 7.13. The van der Waals surface area contributed by atoms with Crippen LogP contribution in [0.25, 0.3) is 16.4 Å². The van der Waals surface area contributed by atoms with E-state index in [2.05, 4.69) is 15.1 Å². The molecule has 0 unspecified atom stereocenters. The van der Waals surface area contributed by atoms with Crippen LogP contribution in [-0.2, 0) is 6.18 Å². The molecule has 33 heavy (non-hydrogen) atoms. The van der Waals surface area contributed by atoms with Crippen molar-refractivity contribution in [1.29, 1.82) is 0 Å². The quantitative estimate of drug-likeness (QED) is 0.432. The van der Waals surface area contributed by atoms with Crippen LogP contribution in [0, 0.1) is 0 Å². The second-order valence-corrected chi connectivity index (χ2v) is 8.68. The molecule has 0 atom stereocenters. The first-order valence-corrected chi connectivity index (χ1v) is 11.2. The molecule has 0 radical (unpaired) electrons. The lowest BCUT2D eigenvalue weighted by molar-refractivity contribution is -0.137. The number of carbonyl (C=O) groups is 1. The number of aromatic nitrogens is 5. The molecule has 4 aromatic rings. The summed E-state index contributed by atoms with van der Waals surface area (Å²) in [7, 11) is 0. The summed E-state index contributed by atoms with van der Waals surface area (Å²) >= 11 is 1.37. The average Bonchev–Trinajstić information content (AvgIpc) is 3.59. The maximum Gasteiger partial charge on any atom is 0.416 e. The number of carbonyl (C=O) groups excluding carboxylic acids is 1. The van der Waals surface area contributed by atoms with Crippen LogP contribution in [0.5, 0.6) is 0 Å². The molecule has 0 aliphatic carbocycles. The predicted octanol–water partition coefficient (Wildman–Crippen LogP) is 4.69. The van der Waals surface area contributed by atoms with Crippen molar-refractivity contribution in [3.8, 4) is 16.4 Å². The van der Waals surface area contributed by atoms with Gasteiger partial charge in [-0.25, -0.2) is 14.6 Å². The molecule has 5 rings (SSSR count). The summed E-state index contributed by atoms with van der Waals surface area (Å²) in [4.78, 5) is 24.1. The van der Waals surface area contributed by atoms with Crippen molar-refractivity contribution in [2.45, 2.75) is 25.1 Å². The Morgan fingerprint density at radius 1 is 1.12 bits per heavy atom. The highest BCUT2D eigenvalue weighted by Gasteiger charge is 2.32. The molecule has 0 saturated carbocycles. The maximum atomic E-state index is 13.3. The number of nitrogens with zero attached hydrogens (tertiary/aromatic N) is 6. The van der Waals surface area contributed by atoms with Gasteiger partial charge < -0.3 is 9.47 Å². The van der Waals surface area contributed by atoms with Gasteiger partial charge in [0.05, 0.1) is 22.5 Å². The van der Waals surface area contributed by atoms with Crippen LogP contribution in [0.2, 0.25) is 0 Å². The van der Waals surface area contributed by atoms with E-state index in [0.29, 0.717) is 23.8 Å². The number of hydrogen-bond acceptors (Lipinski definition) is 5. The van der Waals surface area contributed by atoms with E-state index in [1.807, 2.05) is 22.2 Å². The Hall–Kier alpha value is -3.47. The van der Waals surface area contributed by atoms with Gasteiger partial charge in [-0.05, 0) is 42.5 Å². The van der Waals surface area contributed by atoms with Crippen molar-refractivity contribution >= 4 is 17.2 Å². The van der Waals surface area contributed by atoms with Gasteiger partial charge in [0, 0.05) is 31.5 Å². The summed E-state index contributed by atoms with van der Waals surface area (Å²) in [6, 6.07) is 8.73. The minimum Gasteiger partial charge on any atom is -0.336 e. The number of halogens is 3. The number of amides is 1. The van der Waals surface area contributed by atoms with Gasteiger partial charge in [-0.2, -0.15) is 13.2 Å². The summed E-state index contributed by atoms with van der Waals surface area (Å²) in [6.07, 6.45) is 2.47. The zero-order valence-corrected chi connectivity index (χ0v) is 18.1. The first-order valence-electron chi connectivity index (χ1n) is 10.4. The molecule has 1 aromatic carbocycles. The highest BCUT2D eigenvalue weighted by atomic mass is 32.1. The number of alkyl halides is 3. The molecule has 170 valence electrons. The molecule has 1 saturated heterocycles. The van der Waals surface area contributed by atoms with E-state index >= 15 is 0 Å². The highest BCUT2D eigenvalue weighted by Crippen LogP contribution is 2.32. The fraction of sp³-hybridized carbons (Fsp3) is 0.273. The van der Waals surface area contributed by atoms with Gasteiger partial charge >= 0.3 is 6.18 Å². The van der Waals surface area contributed by atoms with Crippen LogP contribution in [0.4, 0.5) is 13.2 Å². The lowest BCUT2D eigenvalue weighted by Gasteiger charge is -2.31. The van der Waals surface area contributed by atoms with Crippen LogP contribution in [0.1, 0.15) is 35.1 Å². The normalized spacial score (nSPS) is 15.2. The SMILES string of the molecule is O=C(c1nc(-c2cccs2)n(-c2cccc(C(F)(F)F)c2)n1)N1CCC(n2ccnc2)CC1. The van der Waals surface area contributed by atoms with Gasteiger partial charge in [0.25, 0.3) is 5.91 Å². The topological polar surface area (TPSA) is 68.8 Å². The molecule has 3 aromatic heterocycles. The zero-order valence-electron chi connectivity index (χ0n) is 17.3. The second-order valence-electron chi connectivity index (χ2n) is 7.73. The van der Waals surface area contributed by atoms with E-state index in [1.165, 1.54) is 28.2 Å². The molecular weight excluding hydrogens is 453 g/mol. The number of benzene rings is 1. The van der Waals surface area contributed by atoms with E-state index in [0.717, 1.165) is 25.0 Å². The molecule has 1 aliphatic rings. The summed E-state index contributed by atoms with van der Waals surface area (Å²) in [6.45, 7) is 1.07. The lowest BCUT2D eigenvalue weighted by Crippen LogP contribution is -2.39. The second kappa shape index (κ2) is 8.47. The number of hydrogen-bond donors (Lipinski definition) is 0. The molecular formula is C22H19F3N6OS. The van der Waals surface area contributed by atoms with E-state index in [1.54, 1.807) is 23.5 Å². The van der Waals surface area contributed by atoms with E-state index in [-0.39, 0.29) is 23.5 Å². The summed E-state index contributed by atoms with van der Waals surface area (Å²) in [5.41, 5.74) is -0.597. The first-order chi connectivity index (χ1) is 15.9. The van der Waals surface area contributed by atoms with Crippen LogP contribution in [-0.4, -0.2) is 48.2 Å². The van der Waals surface area contributed by atoms with Crippen molar-refractivity contribution in [3.05, 3.63) is 71.9 Å². The number of likely N-dealkylation sites (tertiary alicyclic amines) is 1. The zero-order chi connectivity index (χ0) is 23.0. The molecule has 0 spiro atoms. The maximum absolute atomic E-state index is 13.3. The standard InChI is InChI=1S/C22H19F3N6OS/c23-22(24,25)15-3-1-4-17(13-15)31-20(18-5-2-12-33-18)27-19(28-31)21(32)29-9-6-16(7-10-29)30-11-8-26-14-30/h1-5,8,11-14,16H,6-7,9-10H2. The lowest BCUT2D eigenvalue weighted by atomic mass is 10.0. The van der Waals surface area contributed by atoms with Gasteiger partial charge in [-0.1, -0.05) is 12.1 Å². The molecule has 0 bridgehead atoms. The van der Waals surface area contributed by atoms with Crippen molar-refractivity contribution in [2.75, 3.05) is 13.1 Å². The Bertz CT molecular complexity index is 1240. The largest absolute Gasteiger partial charge is 0.416 e. The van der Waals surface area contributed by atoms with Crippen molar-refractivity contribution in [3.63, 3.8) is 0 Å². The molecule has 4 heterocycles. The fourth-order valence-corrected chi connectivity index (χ4v) is 4.65. The van der Waals surface area contributed by atoms with Crippen molar-refractivity contribution < 1.29 is 18.0 Å². The monoisotopic (exact) mass is 472 g/mol. The summed E-state index contributed by atoms with van der Waals surface area (Å²) in [5.74, 6) is -0.0273. The Balaban J connectivity index is 1.44. The van der Waals surface area contributed by atoms with E-state index in [4.69, 9.17) is 0 Å². The molecule has 1 amide bonds. The smallest absolute Gasteiger partial charge is 0.336 e. The Kier molecular flexibility index (Phi) is 5.49. The van der Waals surface area contributed by atoms with Gasteiger partial charge in [0.15, 0.2) is 5.82 Å². The molecule has 1 aliphatic heterocycles. The third kappa shape index (κ3) is 4.28. The Morgan fingerprint density at radius 3 is 2.61 bits per heavy atom. The van der Waals surface area contributed by atoms with Crippen LogP contribution < -0.4 is 0 Å². The number of thiophene rings is 1. The Labute approximate surface area is 191 Å². The minimum atomic E-state index is -4.49. The van der Waals surface area contributed by atoms with E-state index in [9.17, 15) is 18.0 Å². The molecule has 11 heteroatoms. The van der Waals surface area contributed by atoms with E-state index < -0.39 is 11.7 Å². The number of imidazole rings is 1. The van der Waals surface area contributed by atoms with Gasteiger partial charge in [-0.3, -0.25) is 4.79 Å². The Morgan fingerprint density at radius 2 is 1.94 bits per heavy atom. The average molecular weight is 472 g/mol. The number of rotatable bonds is 4. The first kappa shape index (κ1) is 21.4. The van der Waals surface area contributed by atoms with Crippen LogP contribution in [0.3, 0.4) is 0 Å². The third-order valence-corrected chi connectivity index (χ3v) is 6.52. The van der Waals surface area contributed by atoms with Crippen molar-refractivity contribution in [2.24, 2.45) is 0 Å². The van der Waals surface area contributed by atoms with Crippen LogP contribution in [0.15, 0.2) is 60.5 Å². The minimum absolute atomic E-state index is 0.0307. The van der Waals surface area contributed by atoms with Crippen molar-refractivity contribution in [1.82, 2.24) is 29.2 Å². The number of piperidine rings is 1. The van der Waals surface area contributed by atoms with Gasteiger partial charge in [0.1, 0.15) is 0 Å².